The van der Waals surface area contributed by atoms with Crippen molar-refractivity contribution in [3.8, 4) is 0 Å². The smallest absolute Gasteiger partial charge is 0.183 e. The molecule has 0 bridgehead atoms. The lowest BCUT2D eigenvalue weighted by atomic mass is 9.84. The molecule has 1 aliphatic heterocycles. The molecule has 2 fully saturated rings. The molecule has 0 radical (unpaired) electrons. The molecule has 0 spiro atoms. The first-order valence-corrected chi connectivity index (χ1v) is 9.58. The maximum atomic E-state index is 14.2. The average Bonchev–Trinajstić information content (AvgIpc) is 3.09. The Labute approximate surface area is 152 Å². The van der Waals surface area contributed by atoms with Crippen LogP contribution >= 0.6 is 0 Å². The number of anilines is 1. The summed E-state index contributed by atoms with van der Waals surface area (Å²) in [6, 6.07) is 2.90. The number of nitrogens with two attached hydrogens (primary N) is 1. The van der Waals surface area contributed by atoms with Crippen LogP contribution < -0.4 is 10.6 Å². The van der Waals surface area contributed by atoms with Crippen LogP contribution in [-0.4, -0.2) is 48.8 Å². The highest BCUT2D eigenvalue weighted by atomic mass is 19.2. The van der Waals surface area contributed by atoms with Gasteiger partial charge < -0.3 is 15.2 Å². The number of aromatic nitrogens is 1. The molecule has 5 nitrogen and oxygen atoms in total. The number of halogens is 2. The van der Waals surface area contributed by atoms with E-state index in [9.17, 15) is 8.78 Å². The van der Waals surface area contributed by atoms with Gasteiger partial charge in [0.1, 0.15) is 5.39 Å². The summed E-state index contributed by atoms with van der Waals surface area (Å²) in [4.78, 5) is 4.44. The van der Waals surface area contributed by atoms with Crippen molar-refractivity contribution in [2.45, 2.75) is 38.1 Å². The number of benzene rings is 1. The number of fused-ring (bicyclic) bond motifs is 1. The van der Waals surface area contributed by atoms with E-state index in [4.69, 9.17) is 10.3 Å². The van der Waals surface area contributed by atoms with Gasteiger partial charge in [-0.1, -0.05) is 5.16 Å². The number of hydrogen-bond acceptors (Lipinski definition) is 5. The minimum atomic E-state index is -0.878. The van der Waals surface area contributed by atoms with Crippen molar-refractivity contribution in [1.29, 1.82) is 0 Å². The topological polar surface area (TPSA) is 58.5 Å². The number of nitrogens with zero attached hydrogens (tertiary/aromatic N) is 3. The minimum absolute atomic E-state index is 0.150. The molecule has 0 unspecified atom stereocenters. The summed E-state index contributed by atoms with van der Waals surface area (Å²) >= 11 is 0. The molecule has 26 heavy (non-hydrogen) atoms. The van der Waals surface area contributed by atoms with Crippen LogP contribution in [0.5, 0.6) is 0 Å². The fourth-order valence-corrected chi connectivity index (χ4v) is 4.20. The molecule has 2 aliphatic rings. The van der Waals surface area contributed by atoms with Gasteiger partial charge in [-0.2, -0.15) is 0 Å². The van der Waals surface area contributed by atoms with E-state index in [-0.39, 0.29) is 11.0 Å². The lowest BCUT2D eigenvalue weighted by Crippen LogP contribution is -2.47. The Balaban J connectivity index is 1.33. The number of piperazine rings is 1. The summed E-state index contributed by atoms with van der Waals surface area (Å²) in [5.41, 5.74) is 6.27. The Bertz CT molecular complexity index is 749. The van der Waals surface area contributed by atoms with Crippen LogP contribution in [0.1, 0.15) is 32.1 Å². The monoisotopic (exact) mass is 364 g/mol. The van der Waals surface area contributed by atoms with Crippen LogP contribution in [0.3, 0.4) is 0 Å². The fourth-order valence-electron chi connectivity index (χ4n) is 4.20. The lowest BCUT2D eigenvalue weighted by Gasteiger charge is -2.36. The van der Waals surface area contributed by atoms with Crippen molar-refractivity contribution in [3.63, 3.8) is 0 Å². The molecule has 0 atom stereocenters. The second kappa shape index (κ2) is 7.48. The molecular formula is C19H26F2N4O. The molecule has 142 valence electrons. The largest absolute Gasteiger partial charge is 0.354 e. The summed E-state index contributed by atoms with van der Waals surface area (Å²) in [7, 11) is 0. The molecule has 1 aliphatic carbocycles. The molecule has 2 aromatic rings. The Morgan fingerprint density at radius 3 is 2.54 bits per heavy atom. The van der Waals surface area contributed by atoms with Gasteiger partial charge in [0, 0.05) is 32.2 Å². The normalized spacial score (nSPS) is 25.1. The van der Waals surface area contributed by atoms with Gasteiger partial charge in [0.2, 0.25) is 0 Å². The number of hydrogen-bond donors (Lipinski definition) is 1. The molecule has 0 amide bonds. The summed E-state index contributed by atoms with van der Waals surface area (Å²) in [5.74, 6) is -0.535. The molecule has 1 aromatic carbocycles. The zero-order valence-corrected chi connectivity index (χ0v) is 15.0. The second-order valence-corrected chi connectivity index (χ2v) is 7.64. The maximum absolute atomic E-state index is 14.2. The van der Waals surface area contributed by atoms with E-state index in [0.717, 1.165) is 57.5 Å². The van der Waals surface area contributed by atoms with E-state index >= 15 is 0 Å². The Kier molecular flexibility index (Phi) is 5.09. The Morgan fingerprint density at radius 2 is 1.81 bits per heavy atom. The molecule has 1 saturated heterocycles. The van der Waals surface area contributed by atoms with E-state index in [2.05, 4.69) is 10.1 Å². The Morgan fingerprint density at radius 1 is 1.08 bits per heavy atom. The van der Waals surface area contributed by atoms with E-state index in [1.807, 2.05) is 4.90 Å². The van der Waals surface area contributed by atoms with Crippen molar-refractivity contribution in [2.75, 3.05) is 37.6 Å². The van der Waals surface area contributed by atoms with Crippen LogP contribution in [0.15, 0.2) is 16.7 Å². The fraction of sp³-hybridized carbons (Fsp3) is 0.632. The van der Waals surface area contributed by atoms with E-state index in [0.29, 0.717) is 11.9 Å². The van der Waals surface area contributed by atoms with Crippen LogP contribution in [0.2, 0.25) is 0 Å². The predicted molar refractivity (Wildman–Crippen MR) is 97.1 cm³/mol. The van der Waals surface area contributed by atoms with Gasteiger partial charge in [-0.25, -0.2) is 8.78 Å². The van der Waals surface area contributed by atoms with Crippen molar-refractivity contribution in [2.24, 2.45) is 11.7 Å². The number of rotatable bonds is 4. The average molecular weight is 364 g/mol. The summed E-state index contributed by atoms with van der Waals surface area (Å²) in [6.07, 6.45) is 6.02. The zero-order chi connectivity index (χ0) is 18.1. The van der Waals surface area contributed by atoms with Gasteiger partial charge in [0.15, 0.2) is 23.0 Å². The van der Waals surface area contributed by atoms with E-state index in [1.54, 1.807) is 0 Å². The summed E-state index contributed by atoms with van der Waals surface area (Å²) in [5, 5.41) is 4.14. The third-order valence-electron chi connectivity index (χ3n) is 5.93. The molecule has 2 heterocycles. The molecule has 2 N–H and O–H groups in total. The highest BCUT2D eigenvalue weighted by Crippen LogP contribution is 2.31. The molecule has 1 aromatic heterocycles. The van der Waals surface area contributed by atoms with Gasteiger partial charge in [0.25, 0.3) is 0 Å². The third kappa shape index (κ3) is 3.55. The zero-order valence-electron chi connectivity index (χ0n) is 15.0. The van der Waals surface area contributed by atoms with Crippen LogP contribution in [0.4, 0.5) is 14.6 Å². The van der Waals surface area contributed by atoms with E-state index in [1.165, 1.54) is 25.3 Å². The van der Waals surface area contributed by atoms with Gasteiger partial charge in [-0.15, -0.1) is 0 Å². The second-order valence-electron chi connectivity index (χ2n) is 7.64. The van der Waals surface area contributed by atoms with Crippen LogP contribution in [-0.2, 0) is 0 Å². The standard InChI is InChI=1S/C19H26F2N4O/c20-15-5-6-16-17(18(15)21)19(23-26-16)25-11-9-24(10-12-25)8-7-13-1-3-14(22)4-2-13/h5-6,13-14H,1-4,7-12,22H2. The maximum Gasteiger partial charge on any atom is 0.183 e. The van der Waals surface area contributed by atoms with Gasteiger partial charge in [0.05, 0.1) is 0 Å². The lowest BCUT2D eigenvalue weighted by molar-refractivity contribution is 0.216. The first-order chi connectivity index (χ1) is 12.6. The molecule has 4 rings (SSSR count). The highest BCUT2D eigenvalue weighted by Gasteiger charge is 2.25. The highest BCUT2D eigenvalue weighted by molar-refractivity contribution is 5.89. The van der Waals surface area contributed by atoms with Gasteiger partial charge in [-0.05, 0) is 56.7 Å². The van der Waals surface area contributed by atoms with Crippen LogP contribution in [0, 0.1) is 17.6 Å². The minimum Gasteiger partial charge on any atom is -0.354 e. The Hall–Kier alpha value is -1.73. The van der Waals surface area contributed by atoms with Crippen molar-refractivity contribution < 1.29 is 13.3 Å². The van der Waals surface area contributed by atoms with E-state index < -0.39 is 11.6 Å². The van der Waals surface area contributed by atoms with Gasteiger partial charge >= 0.3 is 0 Å². The first kappa shape index (κ1) is 17.7. The van der Waals surface area contributed by atoms with Crippen molar-refractivity contribution in [1.82, 2.24) is 10.1 Å². The summed E-state index contributed by atoms with van der Waals surface area (Å²) in [6.45, 7) is 4.38. The van der Waals surface area contributed by atoms with Crippen LogP contribution in [0.25, 0.3) is 11.0 Å². The quantitative estimate of drug-likeness (QED) is 0.903. The summed E-state index contributed by atoms with van der Waals surface area (Å²) < 4.78 is 32.9. The molecule has 7 heteroatoms. The molecular weight excluding hydrogens is 338 g/mol. The third-order valence-corrected chi connectivity index (χ3v) is 5.93. The SMILES string of the molecule is NC1CCC(CCN2CCN(c3noc4ccc(F)c(F)c34)CC2)CC1. The first-order valence-electron chi connectivity index (χ1n) is 9.58. The van der Waals surface area contributed by atoms with Gasteiger partial charge in [-0.3, -0.25) is 4.90 Å². The van der Waals surface area contributed by atoms with Crippen molar-refractivity contribution >= 4 is 16.8 Å². The van der Waals surface area contributed by atoms with Crippen molar-refractivity contribution in [3.05, 3.63) is 23.8 Å². The predicted octanol–water partition coefficient (Wildman–Crippen LogP) is 3.14. The molecule has 1 saturated carbocycles.